The highest BCUT2D eigenvalue weighted by molar-refractivity contribution is 5.47. The molecule has 2 rings (SSSR count). The van der Waals surface area contributed by atoms with Gasteiger partial charge in [-0.1, -0.05) is 0 Å². The lowest BCUT2D eigenvalue weighted by Crippen LogP contribution is -2.11. The molecule has 0 bridgehead atoms. The van der Waals surface area contributed by atoms with Gasteiger partial charge in [0.25, 0.3) is 5.69 Å². The molecule has 9 heteroatoms. The normalized spacial score (nSPS) is 10.3. The van der Waals surface area contributed by atoms with Crippen molar-refractivity contribution in [3.8, 4) is 11.6 Å². The summed E-state index contributed by atoms with van der Waals surface area (Å²) in [5.41, 5.74) is 2.77. The predicted octanol–water partition coefficient (Wildman–Crippen LogP) is 2.22. The summed E-state index contributed by atoms with van der Waals surface area (Å²) in [6.45, 7) is 3.16. The highest BCUT2D eigenvalue weighted by Crippen LogP contribution is 2.31. The average molecular weight is 293 g/mol. The molecule has 0 atom stereocenters. The minimum absolute atomic E-state index is 0.102. The van der Waals surface area contributed by atoms with E-state index in [4.69, 9.17) is 10.6 Å². The van der Waals surface area contributed by atoms with Crippen LogP contribution < -0.4 is 16.0 Å². The molecule has 3 N–H and O–H groups in total. The van der Waals surface area contributed by atoms with Crippen molar-refractivity contribution in [1.82, 2.24) is 9.97 Å². The Balaban J connectivity index is 2.40. The predicted molar refractivity (Wildman–Crippen MR) is 72.4 cm³/mol. The number of aryl methyl sites for hydroxylation is 2. The number of hydrogen-bond donors (Lipinski definition) is 2. The van der Waals surface area contributed by atoms with Crippen LogP contribution in [0.4, 0.5) is 16.0 Å². The fourth-order valence-electron chi connectivity index (χ4n) is 1.62. The van der Waals surface area contributed by atoms with Crippen LogP contribution in [0.5, 0.6) is 11.6 Å². The molecule has 0 aliphatic carbocycles. The summed E-state index contributed by atoms with van der Waals surface area (Å²) in [5, 5.41) is 10.7. The topological polar surface area (TPSA) is 116 Å². The number of ether oxygens (including phenoxy) is 1. The molecule has 110 valence electrons. The monoisotopic (exact) mass is 293 g/mol. The SMILES string of the molecule is Cc1cc(Oc2nc(NN)ncc2C)c(F)cc1[N+](=O)[O-]. The van der Waals surface area contributed by atoms with Gasteiger partial charge in [0.1, 0.15) is 0 Å². The van der Waals surface area contributed by atoms with Crippen molar-refractivity contribution in [2.24, 2.45) is 5.84 Å². The molecule has 0 unspecified atom stereocenters. The summed E-state index contributed by atoms with van der Waals surface area (Å²) in [5.74, 6) is 4.38. The molecule has 0 radical (unpaired) electrons. The van der Waals surface area contributed by atoms with Crippen molar-refractivity contribution < 1.29 is 14.1 Å². The lowest BCUT2D eigenvalue weighted by molar-refractivity contribution is -0.385. The number of benzene rings is 1. The van der Waals surface area contributed by atoms with Gasteiger partial charge in [-0.15, -0.1) is 0 Å². The maximum Gasteiger partial charge on any atom is 0.275 e. The van der Waals surface area contributed by atoms with E-state index in [-0.39, 0.29) is 28.8 Å². The van der Waals surface area contributed by atoms with Crippen molar-refractivity contribution in [2.45, 2.75) is 13.8 Å². The smallest absolute Gasteiger partial charge is 0.275 e. The molecule has 0 saturated carbocycles. The first-order valence-electron chi connectivity index (χ1n) is 5.85. The zero-order chi connectivity index (χ0) is 15.6. The Kier molecular flexibility index (Phi) is 3.94. The zero-order valence-electron chi connectivity index (χ0n) is 11.3. The van der Waals surface area contributed by atoms with Gasteiger partial charge in [-0.05, 0) is 19.9 Å². The maximum atomic E-state index is 13.9. The number of hydrogen-bond acceptors (Lipinski definition) is 7. The standard InChI is InChI=1S/C12H12FN5O3/c1-6-3-10(8(13)4-9(6)18(19)20)21-11-7(2)5-15-12(16-11)17-14/h3-5H,14H2,1-2H3,(H,15,16,17). The molecular formula is C12H12FN5O3. The Morgan fingerprint density at radius 1 is 1.38 bits per heavy atom. The largest absolute Gasteiger partial charge is 0.435 e. The molecule has 0 aliphatic rings. The number of anilines is 1. The van der Waals surface area contributed by atoms with E-state index in [9.17, 15) is 14.5 Å². The van der Waals surface area contributed by atoms with Crippen molar-refractivity contribution >= 4 is 11.6 Å². The molecule has 0 amide bonds. The van der Waals surface area contributed by atoms with Crippen molar-refractivity contribution in [2.75, 3.05) is 5.43 Å². The quantitative estimate of drug-likeness (QED) is 0.504. The van der Waals surface area contributed by atoms with Gasteiger partial charge >= 0.3 is 0 Å². The van der Waals surface area contributed by atoms with Crippen LogP contribution in [-0.4, -0.2) is 14.9 Å². The molecule has 0 saturated heterocycles. The van der Waals surface area contributed by atoms with E-state index in [1.165, 1.54) is 19.2 Å². The van der Waals surface area contributed by atoms with Gasteiger partial charge in [-0.2, -0.15) is 4.98 Å². The molecule has 0 fully saturated rings. The molecule has 1 aromatic heterocycles. The highest BCUT2D eigenvalue weighted by atomic mass is 19.1. The maximum absolute atomic E-state index is 13.9. The summed E-state index contributed by atoms with van der Waals surface area (Å²) >= 11 is 0. The fraction of sp³-hybridized carbons (Fsp3) is 0.167. The minimum atomic E-state index is -0.854. The number of aromatic nitrogens is 2. The first kappa shape index (κ1) is 14.6. The van der Waals surface area contributed by atoms with Gasteiger partial charge in [-0.3, -0.25) is 15.5 Å². The van der Waals surface area contributed by atoms with Gasteiger partial charge in [0.15, 0.2) is 11.6 Å². The van der Waals surface area contributed by atoms with Crippen LogP contribution in [0.1, 0.15) is 11.1 Å². The molecule has 0 spiro atoms. The summed E-state index contributed by atoms with van der Waals surface area (Å²) in [4.78, 5) is 17.9. The molecule has 1 heterocycles. The van der Waals surface area contributed by atoms with Crippen LogP contribution in [0.25, 0.3) is 0 Å². The van der Waals surface area contributed by atoms with E-state index in [0.29, 0.717) is 5.56 Å². The second kappa shape index (κ2) is 5.67. The number of rotatable bonds is 4. The number of nitrogens with zero attached hydrogens (tertiary/aromatic N) is 3. The second-order valence-corrected chi connectivity index (χ2v) is 4.25. The van der Waals surface area contributed by atoms with Gasteiger partial charge in [0.2, 0.25) is 11.8 Å². The summed E-state index contributed by atoms with van der Waals surface area (Å²) in [6, 6.07) is 2.05. The second-order valence-electron chi connectivity index (χ2n) is 4.25. The van der Waals surface area contributed by atoms with Crippen LogP contribution in [0.3, 0.4) is 0 Å². The third-order valence-electron chi connectivity index (χ3n) is 2.71. The Morgan fingerprint density at radius 3 is 2.71 bits per heavy atom. The summed E-state index contributed by atoms with van der Waals surface area (Å²) < 4.78 is 19.2. The van der Waals surface area contributed by atoms with Crippen LogP contribution in [0.15, 0.2) is 18.3 Å². The van der Waals surface area contributed by atoms with Crippen LogP contribution in [0, 0.1) is 29.8 Å². The van der Waals surface area contributed by atoms with E-state index in [2.05, 4.69) is 15.4 Å². The van der Waals surface area contributed by atoms with E-state index >= 15 is 0 Å². The van der Waals surface area contributed by atoms with Crippen molar-refractivity contribution in [3.63, 3.8) is 0 Å². The zero-order valence-corrected chi connectivity index (χ0v) is 11.3. The molecule has 8 nitrogen and oxygen atoms in total. The number of nitrogens with two attached hydrogens (primary N) is 1. The van der Waals surface area contributed by atoms with E-state index in [1.807, 2.05) is 0 Å². The molecule has 0 aliphatic heterocycles. The number of nitrogens with one attached hydrogen (secondary N) is 1. The van der Waals surface area contributed by atoms with Crippen LogP contribution in [-0.2, 0) is 0 Å². The van der Waals surface area contributed by atoms with E-state index < -0.39 is 10.7 Å². The van der Waals surface area contributed by atoms with Crippen molar-refractivity contribution in [3.05, 3.63) is 45.4 Å². The van der Waals surface area contributed by atoms with Gasteiger partial charge in [-0.25, -0.2) is 15.2 Å². The molecule has 2 aromatic rings. The lowest BCUT2D eigenvalue weighted by atomic mass is 10.2. The van der Waals surface area contributed by atoms with Crippen LogP contribution >= 0.6 is 0 Å². The van der Waals surface area contributed by atoms with Crippen molar-refractivity contribution in [1.29, 1.82) is 0 Å². The minimum Gasteiger partial charge on any atom is -0.435 e. The van der Waals surface area contributed by atoms with Gasteiger partial charge < -0.3 is 4.74 Å². The average Bonchev–Trinajstić information content (AvgIpc) is 2.44. The molecular weight excluding hydrogens is 281 g/mol. The highest BCUT2D eigenvalue weighted by Gasteiger charge is 2.18. The molecule has 21 heavy (non-hydrogen) atoms. The Labute approximate surface area is 118 Å². The number of hydrazine groups is 1. The van der Waals surface area contributed by atoms with E-state index in [1.54, 1.807) is 6.92 Å². The number of nitro groups is 1. The number of nitrogen functional groups attached to an aromatic ring is 1. The Bertz CT molecular complexity index is 708. The third-order valence-corrected chi connectivity index (χ3v) is 2.71. The van der Waals surface area contributed by atoms with E-state index in [0.717, 1.165) is 6.07 Å². The first-order valence-corrected chi connectivity index (χ1v) is 5.85. The molecule has 1 aromatic carbocycles. The number of halogens is 1. The van der Waals surface area contributed by atoms with Crippen LogP contribution in [0.2, 0.25) is 0 Å². The Hall–Kier alpha value is -2.81. The van der Waals surface area contributed by atoms with Gasteiger partial charge in [0.05, 0.1) is 11.0 Å². The Morgan fingerprint density at radius 2 is 2.10 bits per heavy atom. The number of nitro benzene ring substituents is 1. The van der Waals surface area contributed by atoms with Gasteiger partial charge in [0, 0.05) is 17.3 Å². The third kappa shape index (κ3) is 3.03. The summed E-state index contributed by atoms with van der Waals surface area (Å²) in [7, 11) is 0. The fourth-order valence-corrected chi connectivity index (χ4v) is 1.62. The first-order chi connectivity index (χ1) is 9.92. The summed E-state index contributed by atoms with van der Waals surface area (Å²) in [6.07, 6.45) is 1.45. The lowest BCUT2D eigenvalue weighted by Gasteiger charge is -2.10.